The Hall–Kier alpha value is 14.5. The third-order valence-corrected chi connectivity index (χ3v) is 71.0. The molecule has 0 radical (unpaired) electrons. The molecule has 0 heterocycles. The van der Waals surface area contributed by atoms with Gasteiger partial charge < -0.3 is 0 Å². The average Bonchev–Trinajstić information content (AvgIpc) is 3.18. The summed E-state index contributed by atoms with van der Waals surface area (Å²) in [6.07, 6.45) is 18.0. The molecule has 0 atom stereocenters. The minimum absolute atomic E-state index is 0.673. The standard InChI is InChI=1S/C36H45Br30O4P/c1-4-7-10-13-16-19-22(37,38)25(43,44)28(49,50)31(55,56)34(61,62)68-71(67,69-35(63,64)32(57,58)29(51,52)26(45,46)23(39,40)20-17-14-11-8-5-2)70-36(65,66)33(59,60)30(53,54)27(47,48)24(41,42)21-18-15-12-9-6-3/h4-21H2,1-3H3. The van der Waals surface area contributed by atoms with Crippen LogP contribution in [0.5, 0.6) is 0 Å². The molecule has 0 saturated heterocycles. The first-order valence-electron chi connectivity index (χ1n) is 20.7. The van der Waals surface area contributed by atoms with E-state index in [0.717, 1.165) is 96.3 Å². The van der Waals surface area contributed by atoms with Gasteiger partial charge in [-0.2, -0.15) is 0 Å². The second kappa shape index (κ2) is 34.1. The van der Waals surface area contributed by atoms with Crippen LogP contribution in [0.15, 0.2) is 0 Å². The average molecular weight is 2970 g/mol. The van der Waals surface area contributed by atoms with Crippen molar-refractivity contribution in [3.63, 3.8) is 0 Å². The summed E-state index contributed by atoms with van der Waals surface area (Å²) in [5.41, 5.74) is 0. The highest BCUT2D eigenvalue weighted by Crippen LogP contribution is 2.80. The van der Waals surface area contributed by atoms with E-state index in [1.54, 1.807) is 0 Å². The zero-order valence-electron chi connectivity index (χ0n) is 36.6. The van der Waals surface area contributed by atoms with Crippen LogP contribution in [0.25, 0.3) is 0 Å². The molecule has 0 amide bonds. The first kappa shape index (κ1) is 85.5. The van der Waals surface area contributed by atoms with Crippen LogP contribution in [0, 0.1) is 0 Å². The number of halogens is 30. The van der Waals surface area contributed by atoms with Crippen molar-refractivity contribution in [2.75, 3.05) is 0 Å². The Morgan fingerprint density at radius 2 is 0.423 bits per heavy atom. The lowest BCUT2D eigenvalue weighted by atomic mass is 10.1. The number of rotatable bonds is 36. The SMILES string of the molecule is CCCCCCCC(Br)(Br)C(Br)(Br)C(Br)(Br)C(Br)(Br)C(Br)(Br)OP(=O)(OC(Br)(Br)C(Br)(Br)C(Br)(Br)C(Br)(Br)C(Br)(Br)CCCCCCC)OC(Br)(Br)C(Br)(Br)C(Br)(Br)C(Br)(Br)C(Br)(Br)CCCCCCC. The van der Waals surface area contributed by atoms with Crippen LogP contribution in [0.2, 0.25) is 0 Å². The molecule has 428 valence electrons. The van der Waals surface area contributed by atoms with Gasteiger partial charge in [-0.15, -0.1) is 0 Å². The van der Waals surface area contributed by atoms with E-state index < -0.39 is 56.9 Å². The Morgan fingerprint density at radius 1 is 0.254 bits per heavy atom. The normalized spacial score (nSPS) is 15.8. The second-order valence-corrected chi connectivity index (χ2v) is 69.7. The molecule has 0 aromatic carbocycles. The minimum Gasteiger partial charge on any atom is -0.255 e. The lowest BCUT2D eigenvalue weighted by Crippen LogP contribution is -2.62. The van der Waals surface area contributed by atoms with Crippen LogP contribution < -0.4 is 0 Å². The van der Waals surface area contributed by atoms with Crippen molar-refractivity contribution in [2.45, 2.75) is 185 Å². The van der Waals surface area contributed by atoms with Crippen LogP contribution in [0.3, 0.4) is 0 Å². The molecule has 0 fully saturated rings. The zero-order chi connectivity index (χ0) is 56.8. The quantitative estimate of drug-likeness (QED) is 0.0356. The van der Waals surface area contributed by atoms with Gasteiger partial charge in [-0.1, -0.05) is 499 Å². The molecule has 0 saturated carbocycles. The Labute approximate surface area is 674 Å². The fourth-order valence-corrected chi connectivity index (χ4v) is 34.9. The van der Waals surface area contributed by atoms with E-state index in [9.17, 15) is 0 Å². The highest BCUT2D eigenvalue weighted by molar-refractivity contribution is 9.38. The highest BCUT2D eigenvalue weighted by atomic mass is 80.0. The van der Waals surface area contributed by atoms with Gasteiger partial charge in [-0.25, -0.2) is 4.57 Å². The molecule has 0 aliphatic heterocycles. The Kier molecular flexibility index (Phi) is 41.0. The fourth-order valence-electron chi connectivity index (χ4n) is 5.80. The molecule has 0 aliphatic carbocycles. The Balaban J connectivity index is 8.00. The molecular weight excluding hydrogens is 2920 g/mol. The predicted molar refractivity (Wildman–Crippen MR) is 420 cm³/mol. The second-order valence-electron chi connectivity index (χ2n) is 16.0. The topological polar surface area (TPSA) is 44.8 Å². The minimum atomic E-state index is -5.19. The summed E-state index contributed by atoms with van der Waals surface area (Å²) >= 11 is 117. The van der Waals surface area contributed by atoms with Crippen molar-refractivity contribution < 1.29 is 18.1 Å². The van der Waals surface area contributed by atoms with Crippen molar-refractivity contribution in [1.82, 2.24) is 0 Å². The van der Waals surface area contributed by atoms with Gasteiger partial charge in [-0.3, -0.25) is 13.6 Å². The van der Waals surface area contributed by atoms with Crippen molar-refractivity contribution in [1.29, 1.82) is 0 Å². The number of unbranched alkanes of at least 4 members (excludes halogenated alkanes) is 12. The van der Waals surface area contributed by atoms with Gasteiger partial charge in [0.25, 0.3) is 0 Å². The van der Waals surface area contributed by atoms with E-state index in [-0.39, 0.29) is 0 Å². The number of phosphoric acid groups is 1. The maximum atomic E-state index is 16.4. The molecule has 0 rings (SSSR count). The first-order valence-corrected chi connectivity index (χ1v) is 45.9. The lowest BCUT2D eigenvalue weighted by molar-refractivity contribution is 0.0689. The van der Waals surface area contributed by atoms with Gasteiger partial charge in [0.1, 0.15) is 29.1 Å². The van der Waals surface area contributed by atoms with Gasteiger partial charge in [0.2, 0.25) is 10.3 Å². The van der Waals surface area contributed by atoms with Crippen LogP contribution in [-0.4, -0.2) is 49.1 Å². The number of phosphoric ester groups is 1. The van der Waals surface area contributed by atoms with Gasteiger partial charge in [0, 0.05) is 0 Å². The van der Waals surface area contributed by atoms with Crippen molar-refractivity contribution in [3.05, 3.63) is 0 Å². The van der Waals surface area contributed by atoms with E-state index in [4.69, 9.17) is 13.6 Å². The number of hydrogen-bond donors (Lipinski definition) is 0. The highest BCUT2D eigenvalue weighted by Gasteiger charge is 2.76. The summed E-state index contributed by atoms with van der Waals surface area (Å²) < 4.78 is 16.3. The van der Waals surface area contributed by atoms with Gasteiger partial charge in [0.05, 0.1) is 0 Å². The number of alkyl halides is 30. The summed E-state index contributed by atoms with van der Waals surface area (Å²) in [5, 5.41) is 0. The predicted octanol–water partition coefficient (Wildman–Crippen LogP) is 31.4. The maximum Gasteiger partial charge on any atom is 0.481 e. The zero-order valence-corrected chi connectivity index (χ0v) is 85.1. The number of hydrogen-bond acceptors (Lipinski definition) is 4. The summed E-state index contributed by atoms with van der Waals surface area (Å²) in [4.78, 5) is 0. The molecule has 4 nitrogen and oxygen atoms in total. The van der Waals surface area contributed by atoms with Gasteiger partial charge in [0.15, 0.2) is 9.70 Å². The van der Waals surface area contributed by atoms with Crippen molar-refractivity contribution in [2.24, 2.45) is 0 Å². The summed E-state index contributed by atoms with van der Waals surface area (Å²) in [5.74, 6) is 0. The molecule has 0 spiro atoms. The first-order chi connectivity index (χ1) is 31.3. The molecule has 0 aromatic heterocycles. The van der Waals surface area contributed by atoms with E-state index in [1.807, 2.05) is 0 Å². The molecule has 0 bridgehead atoms. The molecule has 0 aliphatic rings. The van der Waals surface area contributed by atoms with Crippen molar-refractivity contribution >= 4 is 486 Å². The van der Waals surface area contributed by atoms with Crippen molar-refractivity contribution in [3.8, 4) is 0 Å². The lowest BCUT2D eigenvalue weighted by Gasteiger charge is -2.54. The third kappa shape index (κ3) is 21.3. The largest absolute Gasteiger partial charge is 0.481 e. The van der Waals surface area contributed by atoms with E-state index in [2.05, 4.69) is 499 Å². The summed E-state index contributed by atoms with van der Waals surface area (Å²) in [7, 11) is -5.19. The molecule has 0 unspecified atom stereocenters. The monoisotopic (exact) mass is 2940 g/mol. The summed E-state index contributed by atoms with van der Waals surface area (Å²) in [6.45, 7) is 6.55. The van der Waals surface area contributed by atoms with Crippen LogP contribution >= 0.6 is 486 Å². The van der Waals surface area contributed by atoms with E-state index >= 15 is 4.57 Å². The van der Waals surface area contributed by atoms with E-state index in [0.29, 0.717) is 19.3 Å². The van der Waals surface area contributed by atoms with Gasteiger partial charge >= 0.3 is 7.82 Å². The Morgan fingerprint density at radius 3 is 0.592 bits per heavy atom. The Bertz CT molecular complexity index is 1510. The molecule has 35 heteroatoms. The molecule has 0 N–H and O–H groups in total. The maximum absolute atomic E-state index is 16.4. The van der Waals surface area contributed by atoms with Crippen LogP contribution in [0.4, 0.5) is 0 Å². The van der Waals surface area contributed by atoms with Crippen LogP contribution in [-0.2, 0) is 18.1 Å². The smallest absolute Gasteiger partial charge is 0.255 e. The third-order valence-electron chi connectivity index (χ3n) is 10.3. The van der Waals surface area contributed by atoms with Gasteiger partial charge in [-0.05, 0) is 115 Å². The molecular formula is C36H45Br30O4P. The molecule has 71 heavy (non-hydrogen) atoms. The van der Waals surface area contributed by atoms with Crippen LogP contribution in [0.1, 0.15) is 136 Å². The molecule has 0 aromatic rings. The summed E-state index contributed by atoms with van der Waals surface area (Å²) in [6, 6.07) is 0. The van der Waals surface area contributed by atoms with E-state index in [1.165, 1.54) is 0 Å². The fraction of sp³-hybridized carbons (Fsp3) is 1.00.